The van der Waals surface area contributed by atoms with Crippen LogP contribution in [0, 0.1) is 5.92 Å². The topological polar surface area (TPSA) is 12.0 Å². The van der Waals surface area contributed by atoms with Gasteiger partial charge in [-0.15, -0.1) is 0 Å². The lowest BCUT2D eigenvalue weighted by molar-refractivity contribution is 0.462. The van der Waals surface area contributed by atoms with E-state index in [9.17, 15) is 0 Å². The first kappa shape index (κ1) is 6.99. The monoisotopic (exact) mass is 157 g/mol. The third-order valence-corrected chi connectivity index (χ3v) is 3.76. The second-order valence-corrected chi connectivity index (χ2v) is 4.88. The summed E-state index contributed by atoms with van der Waals surface area (Å²) in [4.78, 5) is 0. The van der Waals surface area contributed by atoms with E-state index in [1.807, 2.05) is 0 Å². The summed E-state index contributed by atoms with van der Waals surface area (Å²) in [5, 5.41) is 4.47. The maximum absolute atomic E-state index is 3.61. The third kappa shape index (κ3) is 1.32. The van der Waals surface area contributed by atoms with Crippen molar-refractivity contribution in [1.29, 1.82) is 0 Å². The average Bonchev–Trinajstić information content (AvgIpc) is 2.71. The minimum Gasteiger partial charge on any atom is -0.312 e. The highest BCUT2D eigenvalue weighted by molar-refractivity contribution is 8.00. The summed E-state index contributed by atoms with van der Waals surface area (Å²) in [7, 11) is 0. The van der Waals surface area contributed by atoms with Crippen molar-refractivity contribution in [1.82, 2.24) is 5.32 Å². The van der Waals surface area contributed by atoms with Crippen molar-refractivity contribution in [2.45, 2.75) is 31.1 Å². The van der Waals surface area contributed by atoms with Gasteiger partial charge in [-0.1, -0.05) is 6.92 Å². The molecule has 1 aliphatic carbocycles. The molecule has 1 saturated carbocycles. The van der Waals surface area contributed by atoms with Crippen LogP contribution in [0.4, 0.5) is 0 Å². The molecule has 2 heteroatoms. The van der Waals surface area contributed by atoms with E-state index in [0.717, 1.165) is 17.2 Å². The molecule has 0 radical (unpaired) electrons. The third-order valence-electron chi connectivity index (χ3n) is 2.50. The molecule has 0 spiro atoms. The quantitative estimate of drug-likeness (QED) is 0.619. The number of thioether (sulfide) groups is 1. The molecule has 0 bridgehead atoms. The van der Waals surface area contributed by atoms with Gasteiger partial charge < -0.3 is 5.32 Å². The number of hydrogen-bond acceptors (Lipinski definition) is 2. The summed E-state index contributed by atoms with van der Waals surface area (Å²) in [6.07, 6.45) is 2.95. The van der Waals surface area contributed by atoms with Gasteiger partial charge in [-0.2, -0.15) is 11.8 Å². The van der Waals surface area contributed by atoms with Crippen LogP contribution in [-0.2, 0) is 0 Å². The van der Waals surface area contributed by atoms with Crippen LogP contribution in [0.3, 0.4) is 0 Å². The van der Waals surface area contributed by atoms with Crippen LogP contribution in [0.15, 0.2) is 0 Å². The summed E-state index contributed by atoms with van der Waals surface area (Å²) < 4.78 is 0. The lowest BCUT2D eigenvalue weighted by Gasteiger charge is -2.29. The molecule has 0 amide bonds. The Bertz CT molecular complexity index is 122. The van der Waals surface area contributed by atoms with Crippen molar-refractivity contribution in [3.05, 3.63) is 0 Å². The van der Waals surface area contributed by atoms with Crippen LogP contribution in [0.25, 0.3) is 0 Å². The molecule has 2 unspecified atom stereocenters. The zero-order valence-electron chi connectivity index (χ0n) is 6.47. The first-order chi connectivity index (χ1) is 4.88. The number of rotatable bonds is 1. The first-order valence-electron chi connectivity index (χ1n) is 4.23. The summed E-state index contributed by atoms with van der Waals surface area (Å²) >= 11 is 2.13. The standard InChI is InChI=1S/C8H15NS/c1-6-8(7-2-3-7)9-4-5-10-6/h6-9H,2-5H2,1H3. The predicted octanol–water partition coefficient (Wildman–Crippen LogP) is 1.49. The van der Waals surface area contributed by atoms with Crippen LogP contribution in [0.1, 0.15) is 19.8 Å². The summed E-state index contributed by atoms with van der Waals surface area (Å²) in [6.45, 7) is 3.59. The SMILES string of the molecule is CC1SCCNC1C1CC1. The van der Waals surface area contributed by atoms with Crippen LogP contribution >= 0.6 is 11.8 Å². The molecule has 1 nitrogen and oxygen atoms in total. The molecule has 0 aromatic heterocycles. The molecule has 1 saturated heterocycles. The van der Waals surface area contributed by atoms with E-state index in [4.69, 9.17) is 0 Å². The number of hydrogen-bond donors (Lipinski definition) is 1. The van der Waals surface area contributed by atoms with Crippen molar-refractivity contribution >= 4 is 11.8 Å². The molecule has 2 rings (SSSR count). The van der Waals surface area contributed by atoms with Gasteiger partial charge in [-0.05, 0) is 18.8 Å². The van der Waals surface area contributed by atoms with Crippen LogP contribution in [0.5, 0.6) is 0 Å². The van der Waals surface area contributed by atoms with Gasteiger partial charge in [-0.25, -0.2) is 0 Å². The smallest absolute Gasteiger partial charge is 0.0212 e. The van der Waals surface area contributed by atoms with E-state index < -0.39 is 0 Å². The van der Waals surface area contributed by atoms with E-state index in [1.165, 1.54) is 25.1 Å². The normalized spacial score (nSPS) is 41.7. The molecular weight excluding hydrogens is 142 g/mol. The Morgan fingerprint density at radius 3 is 2.80 bits per heavy atom. The zero-order chi connectivity index (χ0) is 6.97. The second kappa shape index (κ2) is 2.74. The Kier molecular flexibility index (Phi) is 1.92. The summed E-state index contributed by atoms with van der Waals surface area (Å²) in [6, 6.07) is 0.846. The zero-order valence-corrected chi connectivity index (χ0v) is 7.29. The largest absolute Gasteiger partial charge is 0.312 e. The van der Waals surface area contributed by atoms with Gasteiger partial charge >= 0.3 is 0 Å². The lowest BCUT2D eigenvalue weighted by atomic mass is 10.1. The molecule has 10 heavy (non-hydrogen) atoms. The maximum atomic E-state index is 3.61. The molecular formula is C8H15NS. The lowest BCUT2D eigenvalue weighted by Crippen LogP contribution is -2.43. The fraction of sp³-hybridized carbons (Fsp3) is 1.00. The van der Waals surface area contributed by atoms with Crippen LogP contribution in [0.2, 0.25) is 0 Å². The maximum Gasteiger partial charge on any atom is 0.0212 e. The fourth-order valence-corrected chi connectivity index (χ4v) is 2.88. The van der Waals surface area contributed by atoms with E-state index in [0.29, 0.717) is 0 Å². The van der Waals surface area contributed by atoms with Gasteiger partial charge in [0.2, 0.25) is 0 Å². The highest BCUT2D eigenvalue weighted by Gasteiger charge is 2.35. The van der Waals surface area contributed by atoms with Crippen LogP contribution < -0.4 is 5.32 Å². The van der Waals surface area contributed by atoms with Gasteiger partial charge in [0.15, 0.2) is 0 Å². The predicted molar refractivity (Wildman–Crippen MR) is 46.4 cm³/mol. The minimum atomic E-state index is 0.846. The van der Waals surface area contributed by atoms with Crippen molar-refractivity contribution in [3.8, 4) is 0 Å². The van der Waals surface area contributed by atoms with Gasteiger partial charge in [0.1, 0.15) is 0 Å². The highest BCUT2D eigenvalue weighted by Crippen LogP contribution is 2.38. The summed E-state index contributed by atoms with van der Waals surface area (Å²) in [5.41, 5.74) is 0. The molecule has 2 atom stereocenters. The second-order valence-electron chi connectivity index (χ2n) is 3.39. The Hall–Kier alpha value is 0.310. The summed E-state index contributed by atoms with van der Waals surface area (Å²) in [5.74, 6) is 2.34. The van der Waals surface area contributed by atoms with E-state index in [-0.39, 0.29) is 0 Å². The molecule has 0 aromatic carbocycles. The van der Waals surface area contributed by atoms with E-state index >= 15 is 0 Å². The highest BCUT2D eigenvalue weighted by atomic mass is 32.2. The van der Waals surface area contributed by atoms with Crippen molar-refractivity contribution in [2.75, 3.05) is 12.3 Å². The van der Waals surface area contributed by atoms with Crippen LogP contribution in [-0.4, -0.2) is 23.6 Å². The number of nitrogens with one attached hydrogen (secondary N) is 1. The van der Waals surface area contributed by atoms with E-state index in [1.54, 1.807) is 0 Å². The fourth-order valence-electron chi connectivity index (χ4n) is 1.75. The van der Waals surface area contributed by atoms with Gasteiger partial charge in [0.25, 0.3) is 0 Å². The molecule has 0 aromatic rings. The Morgan fingerprint density at radius 1 is 1.40 bits per heavy atom. The van der Waals surface area contributed by atoms with Gasteiger partial charge in [0, 0.05) is 23.6 Å². The average molecular weight is 157 g/mol. The first-order valence-corrected chi connectivity index (χ1v) is 5.28. The molecule has 1 aliphatic heterocycles. The van der Waals surface area contributed by atoms with Gasteiger partial charge in [0.05, 0.1) is 0 Å². The Labute approximate surface area is 67.0 Å². The van der Waals surface area contributed by atoms with Crippen molar-refractivity contribution < 1.29 is 0 Å². The molecule has 1 heterocycles. The Morgan fingerprint density at radius 2 is 2.20 bits per heavy atom. The Balaban J connectivity index is 1.90. The molecule has 2 fully saturated rings. The molecule has 1 N–H and O–H groups in total. The molecule has 58 valence electrons. The van der Waals surface area contributed by atoms with Gasteiger partial charge in [-0.3, -0.25) is 0 Å². The van der Waals surface area contributed by atoms with E-state index in [2.05, 4.69) is 24.0 Å². The van der Waals surface area contributed by atoms with Crippen molar-refractivity contribution in [3.63, 3.8) is 0 Å². The van der Waals surface area contributed by atoms with Crippen molar-refractivity contribution in [2.24, 2.45) is 5.92 Å². The minimum absolute atomic E-state index is 0.846. The molecule has 2 aliphatic rings.